The lowest BCUT2D eigenvalue weighted by molar-refractivity contribution is -0.139. The predicted molar refractivity (Wildman–Crippen MR) is 162 cm³/mol. The molecule has 0 saturated carbocycles. The lowest BCUT2D eigenvalue weighted by Gasteiger charge is -2.33. The summed E-state index contributed by atoms with van der Waals surface area (Å²) < 4.78 is 42.4. The van der Waals surface area contributed by atoms with Crippen LogP contribution in [0.25, 0.3) is 0 Å². The van der Waals surface area contributed by atoms with Crippen LogP contribution in [0.4, 0.5) is 10.1 Å². The SMILES string of the molecule is CNC(=O)[C@@H](Cc1ccccc1)N(Cc1ccc(F)cc1)C(=O)CN(c1ccc(Cl)c(Cl)c1)S(=O)(=O)c1ccccc1. The number of benzene rings is 4. The van der Waals surface area contributed by atoms with E-state index in [1.54, 1.807) is 18.2 Å². The van der Waals surface area contributed by atoms with Gasteiger partial charge in [-0.25, -0.2) is 12.8 Å². The Balaban J connectivity index is 1.79. The van der Waals surface area contributed by atoms with E-state index < -0.39 is 40.2 Å². The number of nitrogens with zero attached hydrogens (tertiary/aromatic N) is 2. The highest BCUT2D eigenvalue weighted by atomic mass is 35.5. The Kier molecular flexibility index (Phi) is 10.2. The molecule has 4 aromatic carbocycles. The van der Waals surface area contributed by atoms with E-state index in [-0.39, 0.29) is 33.6 Å². The third-order valence-corrected chi connectivity index (χ3v) is 9.11. The van der Waals surface area contributed by atoms with Gasteiger partial charge in [-0.1, -0.05) is 83.9 Å². The van der Waals surface area contributed by atoms with Gasteiger partial charge in [0, 0.05) is 20.0 Å². The number of anilines is 1. The Morgan fingerprint density at radius 2 is 1.45 bits per heavy atom. The van der Waals surface area contributed by atoms with Crippen LogP contribution in [0.3, 0.4) is 0 Å². The molecule has 0 aliphatic rings. The van der Waals surface area contributed by atoms with E-state index in [9.17, 15) is 22.4 Å². The quantitative estimate of drug-likeness (QED) is 0.231. The Morgan fingerprint density at radius 1 is 0.833 bits per heavy atom. The third-order valence-electron chi connectivity index (χ3n) is 6.58. The normalized spacial score (nSPS) is 11.9. The molecule has 7 nitrogen and oxygen atoms in total. The van der Waals surface area contributed by atoms with Crippen molar-refractivity contribution in [2.24, 2.45) is 0 Å². The molecule has 0 saturated heterocycles. The highest BCUT2D eigenvalue weighted by molar-refractivity contribution is 7.92. The second-order valence-electron chi connectivity index (χ2n) is 9.39. The number of halogens is 3. The minimum absolute atomic E-state index is 0.0407. The number of hydrogen-bond donors (Lipinski definition) is 1. The molecule has 0 unspecified atom stereocenters. The fraction of sp³-hybridized carbons (Fsp3) is 0.161. The second kappa shape index (κ2) is 13.8. The molecule has 0 aromatic heterocycles. The first-order chi connectivity index (χ1) is 20.1. The predicted octanol–water partition coefficient (Wildman–Crippen LogP) is 5.71. The summed E-state index contributed by atoms with van der Waals surface area (Å²) in [6.07, 6.45) is 0.158. The van der Waals surface area contributed by atoms with E-state index in [0.29, 0.717) is 5.56 Å². The Hall–Kier alpha value is -3.92. The van der Waals surface area contributed by atoms with Gasteiger partial charge in [0.05, 0.1) is 20.6 Å². The fourth-order valence-corrected chi connectivity index (χ4v) is 6.12. The average molecular weight is 629 g/mol. The van der Waals surface area contributed by atoms with Gasteiger partial charge >= 0.3 is 0 Å². The van der Waals surface area contributed by atoms with Crippen molar-refractivity contribution in [2.45, 2.75) is 23.9 Å². The van der Waals surface area contributed by atoms with Crippen molar-refractivity contribution in [3.8, 4) is 0 Å². The highest BCUT2D eigenvalue weighted by Gasteiger charge is 2.34. The summed E-state index contributed by atoms with van der Waals surface area (Å²) in [5.41, 5.74) is 1.46. The maximum Gasteiger partial charge on any atom is 0.264 e. The number of amides is 2. The summed E-state index contributed by atoms with van der Waals surface area (Å²) in [5, 5.41) is 2.93. The monoisotopic (exact) mass is 627 g/mol. The molecule has 0 radical (unpaired) electrons. The van der Waals surface area contributed by atoms with Crippen LogP contribution in [0.2, 0.25) is 10.0 Å². The van der Waals surface area contributed by atoms with Gasteiger partial charge in [-0.3, -0.25) is 13.9 Å². The Bertz CT molecular complexity index is 1640. The molecule has 1 N–H and O–H groups in total. The van der Waals surface area contributed by atoms with E-state index in [0.717, 1.165) is 9.87 Å². The summed E-state index contributed by atoms with van der Waals surface area (Å²) in [6.45, 7) is -0.733. The van der Waals surface area contributed by atoms with Crippen molar-refractivity contribution in [3.05, 3.63) is 130 Å². The topological polar surface area (TPSA) is 86.8 Å². The summed E-state index contributed by atoms with van der Waals surface area (Å²) in [4.78, 5) is 28.7. The standard InChI is InChI=1S/C31H28Cl2FN3O4S/c1-35-31(39)29(18-22-8-4-2-5-9-22)36(20-23-12-14-24(34)15-13-23)30(38)21-37(25-16-17-27(32)28(33)19-25)42(40,41)26-10-6-3-7-11-26/h2-17,19,29H,18,20-21H2,1H3,(H,35,39)/t29-/m1/s1. The largest absolute Gasteiger partial charge is 0.357 e. The number of rotatable bonds is 11. The molecule has 11 heteroatoms. The molecule has 0 aliphatic heterocycles. The van der Waals surface area contributed by atoms with E-state index >= 15 is 0 Å². The van der Waals surface area contributed by atoms with Gasteiger partial charge < -0.3 is 10.2 Å². The molecule has 4 rings (SSSR count). The molecular weight excluding hydrogens is 600 g/mol. The zero-order valence-electron chi connectivity index (χ0n) is 22.6. The first-order valence-electron chi connectivity index (χ1n) is 12.9. The first-order valence-corrected chi connectivity index (χ1v) is 15.1. The highest BCUT2D eigenvalue weighted by Crippen LogP contribution is 2.31. The van der Waals surface area contributed by atoms with Gasteiger partial charge in [0.25, 0.3) is 10.0 Å². The zero-order chi connectivity index (χ0) is 30.3. The van der Waals surface area contributed by atoms with E-state index in [1.807, 2.05) is 30.3 Å². The van der Waals surface area contributed by atoms with E-state index in [1.165, 1.54) is 66.5 Å². The fourth-order valence-electron chi connectivity index (χ4n) is 4.40. The number of hydrogen-bond acceptors (Lipinski definition) is 4. The van der Waals surface area contributed by atoms with Gasteiger partial charge in [-0.05, 0) is 53.6 Å². The van der Waals surface area contributed by atoms with Gasteiger partial charge in [0.2, 0.25) is 11.8 Å². The number of likely N-dealkylation sites (N-methyl/N-ethyl adjacent to an activating group) is 1. The molecule has 0 heterocycles. The summed E-state index contributed by atoms with van der Waals surface area (Å²) in [5.74, 6) is -1.56. The molecular formula is C31H28Cl2FN3O4S. The minimum atomic E-state index is -4.27. The van der Waals surface area contributed by atoms with Crippen LogP contribution >= 0.6 is 23.2 Å². The van der Waals surface area contributed by atoms with Crippen molar-refractivity contribution < 1.29 is 22.4 Å². The molecule has 218 valence electrons. The maximum absolute atomic E-state index is 14.2. The Morgan fingerprint density at radius 3 is 2.05 bits per heavy atom. The number of carbonyl (C=O) groups is 2. The number of carbonyl (C=O) groups excluding carboxylic acids is 2. The second-order valence-corrected chi connectivity index (χ2v) is 12.1. The summed E-state index contributed by atoms with van der Waals surface area (Å²) in [7, 11) is -2.81. The molecule has 0 spiro atoms. The molecule has 0 aliphatic carbocycles. The van der Waals surface area contributed by atoms with Crippen LogP contribution in [0, 0.1) is 5.82 Å². The van der Waals surface area contributed by atoms with Crippen molar-refractivity contribution in [2.75, 3.05) is 17.9 Å². The van der Waals surface area contributed by atoms with Crippen LogP contribution in [-0.2, 0) is 32.6 Å². The van der Waals surface area contributed by atoms with Gasteiger partial charge in [-0.2, -0.15) is 0 Å². The molecule has 42 heavy (non-hydrogen) atoms. The van der Waals surface area contributed by atoms with Crippen LogP contribution in [-0.4, -0.2) is 44.8 Å². The molecule has 0 fully saturated rings. The summed E-state index contributed by atoms with van der Waals surface area (Å²) >= 11 is 12.3. The van der Waals surface area contributed by atoms with E-state index in [2.05, 4.69) is 5.32 Å². The number of nitrogens with one attached hydrogen (secondary N) is 1. The van der Waals surface area contributed by atoms with Crippen molar-refractivity contribution in [1.82, 2.24) is 10.2 Å². The van der Waals surface area contributed by atoms with Gasteiger partial charge in [0.15, 0.2) is 0 Å². The van der Waals surface area contributed by atoms with Gasteiger partial charge in [0.1, 0.15) is 18.4 Å². The van der Waals surface area contributed by atoms with Crippen molar-refractivity contribution >= 4 is 50.7 Å². The number of sulfonamides is 1. The molecule has 2 amide bonds. The van der Waals surface area contributed by atoms with Crippen molar-refractivity contribution in [1.29, 1.82) is 0 Å². The van der Waals surface area contributed by atoms with Gasteiger partial charge in [-0.15, -0.1) is 0 Å². The lowest BCUT2D eigenvalue weighted by atomic mass is 10.0. The smallest absolute Gasteiger partial charge is 0.264 e. The third kappa shape index (κ3) is 7.47. The maximum atomic E-state index is 14.2. The average Bonchev–Trinajstić information content (AvgIpc) is 3.00. The molecule has 1 atom stereocenters. The minimum Gasteiger partial charge on any atom is -0.357 e. The van der Waals surface area contributed by atoms with Crippen LogP contribution < -0.4 is 9.62 Å². The first kappa shape index (κ1) is 31.0. The lowest BCUT2D eigenvalue weighted by Crippen LogP contribution is -2.53. The van der Waals surface area contributed by atoms with E-state index in [4.69, 9.17) is 23.2 Å². The Labute approximate surface area is 254 Å². The summed E-state index contributed by atoms with van der Waals surface area (Å²) in [6, 6.07) is 25.6. The molecule has 0 bridgehead atoms. The molecule has 4 aromatic rings. The van der Waals surface area contributed by atoms with Crippen LogP contribution in [0.1, 0.15) is 11.1 Å². The zero-order valence-corrected chi connectivity index (χ0v) is 24.9. The van der Waals surface area contributed by atoms with Crippen molar-refractivity contribution in [3.63, 3.8) is 0 Å². The van der Waals surface area contributed by atoms with Crippen LogP contribution in [0.15, 0.2) is 108 Å². The van der Waals surface area contributed by atoms with Crippen LogP contribution in [0.5, 0.6) is 0 Å².